The zero-order chi connectivity index (χ0) is 17.0. The maximum Gasteiger partial charge on any atom is 0.317 e. The van der Waals surface area contributed by atoms with Crippen molar-refractivity contribution >= 4 is 6.03 Å². The molecule has 0 aliphatic carbocycles. The molecule has 1 N–H and O–H groups in total. The van der Waals surface area contributed by atoms with Crippen LogP contribution in [0.4, 0.5) is 4.79 Å². The molecule has 6 heteroatoms. The molecule has 0 atom stereocenters. The van der Waals surface area contributed by atoms with Gasteiger partial charge in [0, 0.05) is 32.6 Å². The second kappa shape index (κ2) is 10.2. The highest BCUT2D eigenvalue weighted by atomic mass is 16.5. The van der Waals surface area contributed by atoms with Crippen molar-refractivity contribution in [3.05, 3.63) is 60.4 Å². The summed E-state index contributed by atoms with van der Waals surface area (Å²) in [4.78, 5) is 18.1. The first-order chi connectivity index (χ1) is 11.8. The molecule has 24 heavy (non-hydrogen) atoms. The molecule has 0 saturated carbocycles. The van der Waals surface area contributed by atoms with Crippen molar-refractivity contribution in [3.8, 4) is 5.75 Å². The Morgan fingerprint density at radius 3 is 2.58 bits per heavy atom. The molecule has 0 spiro atoms. The molecule has 0 unspecified atom stereocenters. The summed E-state index contributed by atoms with van der Waals surface area (Å²) in [6, 6.07) is 13.2. The van der Waals surface area contributed by atoms with Gasteiger partial charge in [-0.3, -0.25) is 4.98 Å². The van der Waals surface area contributed by atoms with E-state index in [4.69, 9.17) is 9.47 Å². The minimum Gasteiger partial charge on any atom is -0.492 e. The van der Waals surface area contributed by atoms with E-state index in [0.717, 1.165) is 11.3 Å². The van der Waals surface area contributed by atoms with Crippen molar-refractivity contribution in [1.29, 1.82) is 0 Å². The molecule has 6 nitrogen and oxygen atoms in total. The van der Waals surface area contributed by atoms with E-state index < -0.39 is 0 Å². The van der Waals surface area contributed by atoms with Crippen molar-refractivity contribution in [2.45, 2.75) is 6.54 Å². The molecule has 0 aliphatic rings. The summed E-state index contributed by atoms with van der Waals surface area (Å²) in [7, 11) is 1.62. The number of nitrogens with zero attached hydrogens (tertiary/aromatic N) is 2. The van der Waals surface area contributed by atoms with Gasteiger partial charge in [-0.15, -0.1) is 0 Å². The Morgan fingerprint density at radius 2 is 1.88 bits per heavy atom. The van der Waals surface area contributed by atoms with Crippen LogP contribution < -0.4 is 10.1 Å². The standard InChI is InChI=1S/C18H23N3O3/c1-23-14-12-21(15-16-7-9-19-10-8-16)18(22)20-11-13-24-17-5-3-2-4-6-17/h2-10H,11-15H2,1H3,(H,20,22). The van der Waals surface area contributed by atoms with Crippen molar-refractivity contribution in [2.24, 2.45) is 0 Å². The largest absolute Gasteiger partial charge is 0.492 e. The average molecular weight is 329 g/mol. The van der Waals surface area contributed by atoms with Gasteiger partial charge in [0.1, 0.15) is 12.4 Å². The van der Waals surface area contributed by atoms with Gasteiger partial charge >= 0.3 is 6.03 Å². The fraction of sp³-hybridized carbons (Fsp3) is 0.333. The van der Waals surface area contributed by atoms with E-state index in [1.165, 1.54) is 0 Å². The van der Waals surface area contributed by atoms with E-state index >= 15 is 0 Å². The third-order valence-corrected chi connectivity index (χ3v) is 3.37. The van der Waals surface area contributed by atoms with Gasteiger partial charge in [-0.05, 0) is 29.8 Å². The molecule has 0 bridgehead atoms. The molecule has 128 valence electrons. The summed E-state index contributed by atoms with van der Waals surface area (Å²) in [5.41, 5.74) is 1.02. The Kier molecular flexibility index (Phi) is 7.56. The first-order valence-corrected chi connectivity index (χ1v) is 7.88. The highest BCUT2D eigenvalue weighted by molar-refractivity contribution is 5.74. The van der Waals surface area contributed by atoms with Crippen LogP contribution in [0.2, 0.25) is 0 Å². The lowest BCUT2D eigenvalue weighted by Crippen LogP contribution is -2.42. The SMILES string of the molecule is COCCN(Cc1ccncc1)C(=O)NCCOc1ccccc1. The number of para-hydroxylation sites is 1. The number of pyridine rings is 1. The molecule has 2 rings (SSSR count). The maximum absolute atomic E-state index is 12.4. The van der Waals surface area contributed by atoms with E-state index in [0.29, 0.717) is 32.8 Å². The highest BCUT2D eigenvalue weighted by Crippen LogP contribution is 2.07. The molecule has 0 aliphatic heterocycles. The van der Waals surface area contributed by atoms with Crippen LogP contribution in [0.3, 0.4) is 0 Å². The molecular formula is C18H23N3O3. The number of amides is 2. The third kappa shape index (κ3) is 6.26. The van der Waals surface area contributed by atoms with Crippen molar-refractivity contribution in [2.75, 3.05) is 33.4 Å². The van der Waals surface area contributed by atoms with E-state index in [1.807, 2.05) is 42.5 Å². The van der Waals surface area contributed by atoms with E-state index in [1.54, 1.807) is 24.4 Å². The summed E-state index contributed by atoms with van der Waals surface area (Å²) in [5, 5.41) is 2.87. The van der Waals surface area contributed by atoms with Crippen molar-refractivity contribution in [3.63, 3.8) is 0 Å². The lowest BCUT2D eigenvalue weighted by Gasteiger charge is -2.23. The topological polar surface area (TPSA) is 63.7 Å². The van der Waals surface area contributed by atoms with Crippen LogP contribution in [-0.4, -0.2) is 49.3 Å². The van der Waals surface area contributed by atoms with E-state index in [-0.39, 0.29) is 6.03 Å². The summed E-state index contributed by atoms with van der Waals surface area (Å²) < 4.78 is 10.7. The molecular weight excluding hydrogens is 306 g/mol. The summed E-state index contributed by atoms with van der Waals surface area (Å²) in [6.07, 6.45) is 3.44. The van der Waals surface area contributed by atoms with Crippen molar-refractivity contribution in [1.82, 2.24) is 15.2 Å². The van der Waals surface area contributed by atoms with Gasteiger partial charge in [0.2, 0.25) is 0 Å². The highest BCUT2D eigenvalue weighted by Gasteiger charge is 2.13. The van der Waals surface area contributed by atoms with Crippen LogP contribution in [0, 0.1) is 0 Å². The number of carbonyl (C=O) groups is 1. The first kappa shape index (κ1) is 17.7. The van der Waals surface area contributed by atoms with Crippen LogP contribution in [0.15, 0.2) is 54.9 Å². The molecule has 0 radical (unpaired) electrons. The van der Waals surface area contributed by atoms with Gasteiger partial charge in [-0.25, -0.2) is 4.79 Å². The van der Waals surface area contributed by atoms with Gasteiger partial charge in [0.15, 0.2) is 0 Å². The minimum absolute atomic E-state index is 0.138. The van der Waals surface area contributed by atoms with Gasteiger partial charge < -0.3 is 19.7 Å². The van der Waals surface area contributed by atoms with E-state index in [9.17, 15) is 4.79 Å². The number of urea groups is 1. The fourth-order valence-electron chi connectivity index (χ4n) is 2.12. The summed E-state index contributed by atoms with van der Waals surface area (Å²) in [5.74, 6) is 0.791. The van der Waals surface area contributed by atoms with Gasteiger partial charge in [-0.2, -0.15) is 0 Å². The summed E-state index contributed by atoms with van der Waals surface area (Å²) >= 11 is 0. The zero-order valence-electron chi connectivity index (χ0n) is 13.9. The number of methoxy groups -OCH3 is 1. The predicted molar refractivity (Wildman–Crippen MR) is 91.9 cm³/mol. The second-order valence-corrected chi connectivity index (χ2v) is 5.16. The Hall–Kier alpha value is -2.60. The van der Waals surface area contributed by atoms with E-state index in [2.05, 4.69) is 10.3 Å². The monoisotopic (exact) mass is 329 g/mol. The molecule has 1 heterocycles. The van der Waals surface area contributed by atoms with Crippen LogP contribution in [-0.2, 0) is 11.3 Å². The zero-order valence-corrected chi connectivity index (χ0v) is 13.9. The van der Waals surface area contributed by atoms with Crippen LogP contribution in [0.5, 0.6) is 5.75 Å². The van der Waals surface area contributed by atoms with Crippen LogP contribution >= 0.6 is 0 Å². The Balaban J connectivity index is 1.78. The van der Waals surface area contributed by atoms with Crippen LogP contribution in [0.1, 0.15) is 5.56 Å². The molecule has 0 saturated heterocycles. The molecule has 1 aromatic carbocycles. The molecule has 2 amide bonds. The fourth-order valence-corrected chi connectivity index (χ4v) is 2.12. The number of benzene rings is 1. The lowest BCUT2D eigenvalue weighted by atomic mass is 10.2. The summed E-state index contributed by atoms with van der Waals surface area (Å²) in [6.45, 7) is 2.37. The normalized spacial score (nSPS) is 10.2. The Labute approximate surface area is 142 Å². The number of rotatable bonds is 9. The maximum atomic E-state index is 12.4. The molecule has 2 aromatic rings. The second-order valence-electron chi connectivity index (χ2n) is 5.16. The smallest absolute Gasteiger partial charge is 0.317 e. The number of nitrogens with one attached hydrogen (secondary N) is 1. The Bertz CT molecular complexity index is 593. The lowest BCUT2D eigenvalue weighted by molar-refractivity contribution is 0.145. The van der Waals surface area contributed by atoms with Gasteiger partial charge in [0.25, 0.3) is 0 Å². The predicted octanol–water partition coefficient (Wildman–Crippen LogP) is 2.32. The van der Waals surface area contributed by atoms with Crippen LogP contribution in [0.25, 0.3) is 0 Å². The third-order valence-electron chi connectivity index (χ3n) is 3.37. The molecule has 0 fully saturated rings. The van der Waals surface area contributed by atoms with Crippen molar-refractivity contribution < 1.29 is 14.3 Å². The first-order valence-electron chi connectivity index (χ1n) is 7.88. The Morgan fingerprint density at radius 1 is 1.12 bits per heavy atom. The number of aromatic nitrogens is 1. The number of hydrogen-bond acceptors (Lipinski definition) is 4. The van der Waals surface area contributed by atoms with Gasteiger partial charge in [0.05, 0.1) is 13.2 Å². The minimum atomic E-state index is -0.138. The average Bonchev–Trinajstić information content (AvgIpc) is 2.64. The molecule has 1 aromatic heterocycles. The number of carbonyl (C=O) groups excluding carboxylic acids is 1. The van der Waals surface area contributed by atoms with Gasteiger partial charge in [-0.1, -0.05) is 18.2 Å². The number of ether oxygens (including phenoxy) is 2. The number of hydrogen-bond donors (Lipinski definition) is 1. The quantitative estimate of drug-likeness (QED) is 0.717.